The van der Waals surface area contributed by atoms with Gasteiger partial charge in [-0.2, -0.15) is 0 Å². The van der Waals surface area contributed by atoms with Gasteiger partial charge in [-0.3, -0.25) is 9.69 Å². The monoisotopic (exact) mass is 275 g/mol. The number of anilines is 1. The van der Waals surface area contributed by atoms with Crippen molar-refractivity contribution >= 4 is 11.7 Å². The number of nitrogen functional groups attached to an aromatic ring is 1. The van der Waals surface area contributed by atoms with Crippen molar-refractivity contribution in [3.05, 3.63) is 17.8 Å². The first-order valence-corrected chi connectivity index (χ1v) is 7.36. The summed E-state index contributed by atoms with van der Waals surface area (Å²) in [5.41, 5.74) is 5.88. The van der Waals surface area contributed by atoms with Gasteiger partial charge in [-0.1, -0.05) is 6.42 Å². The molecule has 2 N–H and O–H groups in total. The number of carbonyl (C=O) groups is 1. The third-order valence-electron chi connectivity index (χ3n) is 4.26. The summed E-state index contributed by atoms with van der Waals surface area (Å²) in [4.78, 5) is 16.8. The van der Waals surface area contributed by atoms with E-state index in [9.17, 15) is 4.79 Å². The molecule has 1 aromatic heterocycles. The molecule has 1 atom stereocenters. The molecule has 2 saturated heterocycles. The van der Waals surface area contributed by atoms with E-state index >= 15 is 0 Å². The van der Waals surface area contributed by atoms with Crippen molar-refractivity contribution in [2.75, 3.05) is 31.9 Å². The van der Waals surface area contributed by atoms with E-state index in [1.165, 1.54) is 32.4 Å². The average Bonchev–Trinajstić information content (AvgIpc) is 2.98. The Kier molecular flexibility index (Phi) is 3.82. The predicted molar refractivity (Wildman–Crippen MR) is 76.2 cm³/mol. The fourth-order valence-corrected chi connectivity index (χ4v) is 3.13. The summed E-state index contributed by atoms with van der Waals surface area (Å²) >= 11 is 0. The Bertz CT molecular complexity index is 469. The van der Waals surface area contributed by atoms with Crippen LogP contribution in [0, 0.1) is 0 Å². The zero-order valence-corrected chi connectivity index (χ0v) is 11.7. The second-order valence-corrected chi connectivity index (χ2v) is 5.63. The minimum atomic E-state index is -0.0305. The molecule has 0 saturated carbocycles. The maximum atomic E-state index is 12.4. The first-order chi connectivity index (χ1) is 9.74. The molecule has 20 heavy (non-hydrogen) atoms. The fraction of sp³-hybridized carbons (Fsp3) is 0.643. The van der Waals surface area contributed by atoms with Crippen molar-refractivity contribution in [1.82, 2.24) is 20.0 Å². The highest BCUT2D eigenvalue weighted by Gasteiger charge is 2.31. The predicted octanol–water partition coefficient (Wildman–Crippen LogP) is 0.759. The van der Waals surface area contributed by atoms with Gasteiger partial charge in [0.2, 0.25) is 0 Å². The van der Waals surface area contributed by atoms with Gasteiger partial charge in [-0.25, -0.2) is 0 Å². The summed E-state index contributed by atoms with van der Waals surface area (Å²) in [6.45, 7) is 3.97. The summed E-state index contributed by atoms with van der Waals surface area (Å²) in [7, 11) is 0. The van der Waals surface area contributed by atoms with Crippen LogP contribution < -0.4 is 5.73 Å². The lowest BCUT2D eigenvalue weighted by molar-refractivity contribution is 0.0764. The summed E-state index contributed by atoms with van der Waals surface area (Å²) in [5.74, 6) is 0.311. The maximum absolute atomic E-state index is 12.4. The maximum Gasteiger partial charge on any atom is 0.274 e. The first-order valence-electron chi connectivity index (χ1n) is 7.36. The number of rotatable bonds is 2. The number of hydrogen-bond acceptors (Lipinski definition) is 5. The largest absolute Gasteiger partial charge is 0.382 e. The lowest BCUT2D eigenvalue weighted by Gasteiger charge is -2.32. The summed E-state index contributed by atoms with van der Waals surface area (Å²) in [6, 6.07) is 3.79. The van der Waals surface area contributed by atoms with Gasteiger partial charge in [-0.05, 0) is 44.5 Å². The van der Waals surface area contributed by atoms with Crippen LogP contribution in [0.3, 0.4) is 0 Å². The van der Waals surface area contributed by atoms with Gasteiger partial charge in [0, 0.05) is 19.1 Å². The van der Waals surface area contributed by atoms with Crippen LogP contribution >= 0.6 is 0 Å². The molecule has 6 nitrogen and oxygen atoms in total. The standard InChI is InChI=1S/C14H21N5O/c15-13-5-4-12(16-17-13)14(20)19-9-6-11(10-19)18-7-2-1-3-8-18/h4-5,11H,1-3,6-10H2,(H2,15,17). The van der Waals surface area contributed by atoms with Gasteiger partial charge in [0.1, 0.15) is 5.82 Å². The van der Waals surface area contributed by atoms with E-state index in [1.807, 2.05) is 4.90 Å². The molecule has 0 aliphatic carbocycles. The number of likely N-dealkylation sites (tertiary alicyclic amines) is 2. The average molecular weight is 275 g/mol. The van der Waals surface area contributed by atoms with E-state index in [4.69, 9.17) is 5.73 Å². The van der Waals surface area contributed by atoms with Crippen LogP contribution in [-0.4, -0.2) is 58.1 Å². The molecule has 3 heterocycles. The Hall–Kier alpha value is -1.69. The van der Waals surface area contributed by atoms with Gasteiger partial charge >= 0.3 is 0 Å². The Morgan fingerprint density at radius 1 is 1.15 bits per heavy atom. The highest BCUT2D eigenvalue weighted by atomic mass is 16.2. The third-order valence-corrected chi connectivity index (χ3v) is 4.26. The quantitative estimate of drug-likeness (QED) is 0.862. The topological polar surface area (TPSA) is 75.4 Å². The summed E-state index contributed by atoms with van der Waals surface area (Å²) in [5, 5.41) is 7.63. The number of piperidine rings is 1. The van der Waals surface area contributed by atoms with Gasteiger partial charge < -0.3 is 10.6 Å². The van der Waals surface area contributed by atoms with Gasteiger partial charge in [0.25, 0.3) is 5.91 Å². The number of hydrogen-bond donors (Lipinski definition) is 1. The van der Waals surface area contributed by atoms with Crippen molar-refractivity contribution in [3.63, 3.8) is 0 Å². The van der Waals surface area contributed by atoms with E-state index in [0.717, 1.165) is 19.5 Å². The Morgan fingerprint density at radius 3 is 2.65 bits per heavy atom. The van der Waals surface area contributed by atoms with E-state index in [-0.39, 0.29) is 5.91 Å². The molecule has 6 heteroatoms. The van der Waals surface area contributed by atoms with Crippen LogP contribution in [0.2, 0.25) is 0 Å². The van der Waals surface area contributed by atoms with E-state index in [2.05, 4.69) is 15.1 Å². The second kappa shape index (κ2) is 5.75. The molecule has 0 aromatic carbocycles. The second-order valence-electron chi connectivity index (χ2n) is 5.63. The van der Waals surface area contributed by atoms with Gasteiger partial charge in [-0.15, -0.1) is 10.2 Å². The van der Waals surface area contributed by atoms with Crippen LogP contribution in [0.15, 0.2) is 12.1 Å². The molecule has 3 rings (SSSR count). The lowest BCUT2D eigenvalue weighted by atomic mass is 10.1. The minimum Gasteiger partial charge on any atom is -0.382 e. The SMILES string of the molecule is Nc1ccc(C(=O)N2CCC(N3CCCCC3)C2)nn1. The molecular weight excluding hydrogens is 254 g/mol. The summed E-state index contributed by atoms with van der Waals surface area (Å²) < 4.78 is 0. The third kappa shape index (κ3) is 2.75. The Morgan fingerprint density at radius 2 is 1.95 bits per heavy atom. The molecule has 0 radical (unpaired) electrons. The van der Waals surface area contributed by atoms with Crippen molar-refractivity contribution in [2.45, 2.75) is 31.7 Å². The highest BCUT2D eigenvalue weighted by Crippen LogP contribution is 2.21. The smallest absolute Gasteiger partial charge is 0.274 e. The van der Waals surface area contributed by atoms with Gasteiger partial charge in [0.15, 0.2) is 5.69 Å². The van der Waals surface area contributed by atoms with Crippen molar-refractivity contribution in [1.29, 1.82) is 0 Å². The Labute approximate surface area is 118 Å². The van der Waals surface area contributed by atoms with Crippen molar-refractivity contribution in [2.24, 2.45) is 0 Å². The molecule has 2 aliphatic rings. The Balaban J connectivity index is 1.61. The molecule has 2 aliphatic heterocycles. The van der Waals surface area contributed by atoms with E-state index in [0.29, 0.717) is 17.6 Å². The molecule has 1 unspecified atom stereocenters. The molecule has 0 spiro atoms. The fourth-order valence-electron chi connectivity index (χ4n) is 3.13. The van der Waals surface area contributed by atoms with E-state index < -0.39 is 0 Å². The van der Waals surface area contributed by atoms with Crippen LogP contribution in [0.1, 0.15) is 36.2 Å². The normalized spacial score (nSPS) is 24.0. The van der Waals surface area contributed by atoms with Crippen LogP contribution in [0.25, 0.3) is 0 Å². The van der Waals surface area contributed by atoms with Crippen LogP contribution in [-0.2, 0) is 0 Å². The highest BCUT2D eigenvalue weighted by molar-refractivity contribution is 5.92. The van der Waals surface area contributed by atoms with Gasteiger partial charge in [0.05, 0.1) is 0 Å². The molecule has 1 aromatic rings. The van der Waals surface area contributed by atoms with E-state index in [1.54, 1.807) is 12.1 Å². The zero-order valence-electron chi connectivity index (χ0n) is 11.7. The molecule has 108 valence electrons. The molecule has 2 fully saturated rings. The number of nitrogens with zero attached hydrogens (tertiary/aromatic N) is 4. The van der Waals surface area contributed by atoms with Crippen LogP contribution in [0.5, 0.6) is 0 Å². The molecular formula is C14H21N5O. The van der Waals surface area contributed by atoms with Crippen LogP contribution in [0.4, 0.5) is 5.82 Å². The molecule has 0 bridgehead atoms. The zero-order chi connectivity index (χ0) is 13.9. The lowest BCUT2D eigenvalue weighted by Crippen LogP contribution is -2.41. The molecule has 1 amide bonds. The number of amides is 1. The van der Waals surface area contributed by atoms with Crippen molar-refractivity contribution < 1.29 is 4.79 Å². The number of aromatic nitrogens is 2. The first kappa shape index (κ1) is 13.3. The number of carbonyl (C=O) groups excluding carboxylic acids is 1. The minimum absolute atomic E-state index is 0.0305. The number of nitrogens with two attached hydrogens (primary N) is 1. The van der Waals surface area contributed by atoms with Crippen molar-refractivity contribution in [3.8, 4) is 0 Å². The summed E-state index contributed by atoms with van der Waals surface area (Å²) in [6.07, 6.45) is 4.98.